The van der Waals surface area contributed by atoms with E-state index in [1.54, 1.807) is 38.3 Å². The quantitative estimate of drug-likeness (QED) is 0.888. The molecular weight excluding hydrogens is 294 g/mol. The molecule has 0 radical (unpaired) electrons. The number of nitrogens with one attached hydrogen (secondary N) is 2. The minimum absolute atomic E-state index is 0.0544. The van der Waals surface area contributed by atoms with Crippen LogP contribution in [-0.4, -0.2) is 29.3 Å². The SMILES string of the molecule is COc1ccc(OC(C)C(=O)Nc2cc(C(C)(C)C)[nH]n2)cc1. The van der Waals surface area contributed by atoms with Crippen LogP contribution in [0.2, 0.25) is 0 Å². The summed E-state index contributed by atoms with van der Waals surface area (Å²) in [6.45, 7) is 7.90. The number of benzene rings is 1. The van der Waals surface area contributed by atoms with Crippen LogP contribution in [0.15, 0.2) is 30.3 Å². The zero-order chi connectivity index (χ0) is 17.0. The van der Waals surface area contributed by atoms with Gasteiger partial charge < -0.3 is 14.8 Å². The number of aromatic nitrogens is 2. The maximum atomic E-state index is 12.2. The normalized spacial score (nSPS) is 12.6. The Morgan fingerprint density at radius 2 is 1.83 bits per heavy atom. The number of carbonyl (C=O) groups is 1. The number of rotatable bonds is 5. The van der Waals surface area contributed by atoms with Gasteiger partial charge in [0.25, 0.3) is 5.91 Å². The highest BCUT2D eigenvalue weighted by Gasteiger charge is 2.20. The Morgan fingerprint density at radius 3 is 2.35 bits per heavy atom. The van der Waals surface area contributed by atoms with E-state index in [-0.39, 0.29) is 11.3 Å². The Morgan fingerprint density at radius 1 is 1.22 bits per heavy atom. The molecule has 0 bridgehead atoms. The molecule has 6 heteroatoms. The van der Waals surface area contributed by atoms with Crippen LogP contribution in [-0.2, 0) is 10.2 Å². The van der Waals surface area contributed by atoms with E-state index in [9.17, 15) is 4.79 Å². The van der Waals surface area contributed by atoms with Crippen molar-refractivity contribution in [2.45, 2.75) is 39.2 Å². The molecule has 0 fully saturated rings. The van der Waals surface area contributed by atoms with Crippen molar-refractivity contribution in [2.24, 2.45) is 0 Å². The first kappa shape index (κ1) is 16.9. The van der Waals surface area contributed by atoms with Crippen molar-refractivity contribution in [3.63, 3.8) is 0 Å². The smallest absolute Gasteiger partial charge is 0.266 e. The highest BCUT2D eigenvalue weighted by Crippen LogP contribution is 2.22. The lowest BCUT2D eigenvalue weighted by Gasteiger charge is -2.15. The number of amides is 1. The highest BCUT2D eigenvalue weighted by atomic mass is 16.5. The summed E-state index contributed by atoms with van der Waals surface area (Å²) in [4.78, 5) is 12.2. The molecule has 23 heavy (non-hydrogen) atoms. The number of anilines is 1. The lowest BCUT2D eigenvalue weighted by atomic mass is 9.92. The predicted octanol–water partition coefficient (Wildman–Crippen LogP) is 3.12. The zero-order valence-electron chi connectivity index (χ0n) is 14.1. The summed E-state index contributed by atoms with van der Waals surface area (Å²) in [6, 6.07) is 8.91. The summed E-state index contributed by atoms with van der Waals surface area (Å²) in [7, 11) is 1.60. The number of aromatic amines is 1. The van der Waals surface area contributed by atoms with Gasteiger partial charge in [-0.25, -0.2) is 0 Å². The monoisotopic (exact) mass is 317 g/mol. The van der Waals surface area contributed by atoms with Gasteiger partial charge in [-0.1, -0.05) is 20.8 Å². The minimum atomic E-state index is -0.641. The van der Waals surface area contributed by atoms with Crippen molar-refractivity contribution in [3.8, 4) is 11.5 Å². The second-order valence-corrected chi connectivity index (χ2v) is 6.34. The molecule has 124 valence electrons. The van der Waals surface area contributed by atoms with Crippen LogP contribution in [0, 0.1) is 0 Å². The van der Waals surface area contributed by atoms with Crippen molar-refractivity contribution in [1.29, 1.82) is 0 Å². The van der Waals surface area contributed by atoms with Crippen LogP contribution >= 0.6 is 0 Å². The summed E-state index contributed by atoms with van der Waals surface area (Å²) in [5.74, 6) is 1.57. The molecular formula is C17H23N3O3. The van der Waals surface area contributed by atoms with E-state index in [0.29, 0.717) is 11.6 Å². The second kappa shape index (κ2) is 6.73. The first-order valence-electron chi connectivity index (χ1n) is 7.47. The summed E-state index contributed by atoms with van der Waals surface area (Å²) < 4.78 is 10.7. The van der Waals surface area contributed by atoms with Crippen LogP contribution < -0.4 is 14.8 Å². The third-order valence-electron chi connectivity index (χ3n) is 3.38. The molecule has 1 unspecified atom stereocenters. The fraction of sp³-hybridized carbons (Fsp3) is 0.412. The zero-order valence-corrected chi connectivity index (χ0v) is 14.1. The van der Waals surface area contributed by atoms with Gasteiger partial charge in [-0.15, -0.1) is 0 Å². The summed E-state index contributed by atoms with van der Waals surface area (Å²) >= 11 is 0. The minimum Gasteiger partial charge on any atom is -0.497 e. The standard InChI is InChI=1S/C17H23N3O3/c1-11(23-13-8-6-12(22-5)7-9-13)16(21)18-15-10-14(19-20-15)17(2,3)4/h6-11H,1-5H3,(H2,18,19,20,21). The van der Waals surface area contributed by atoms with Crippen LogP contribution in [0.5, 0.6) is 11.5 Å². The largest absolute Gasteiger partial charge is 0.497 e. The molecule has 0 spiro atoms. The number of H-pyrrole nitrogens is 1. The molecule has 0 aliphatic carbocycles. The van der Waals surface area contributed by atoms with E-state index in [0.717, 1.165) is 11.4 Å². The molecule has 0 aliphatic rings. The van der Waals surface area contributed by atoms with Gasteiger partial charge in [-0.05, 0) is 31.2 Å². The lowest BCUT2D eigenvalue weighted by molar-refractivity contribution is -0.122. The highest BCUT2D eigenvalue weighted by molar-refractivity contribution is 5.93. The second-order valence-electron chi connectivity index (χ2n) is 6.34. The van der Waals surface area contributed by atoms with Gasteiger partial charge in [0.2, 0.25) is 0 Å². The molecule has 0 saturated heterocycles. The van der Waals surface area contributed by atoms with Gasteiger partial charge in [-0.3, -0.25) is 9.89 Å². The summed E-state index contributed by atoms with van der Waals surface area (Å²) in [5, 5.41) is 9.78. The average molecular weight is 317 g/mol. The Hall–Kier alpha value is -2.50. The Kier molecular flexibility index (Phi) is 4.93. The van der Waals surface area contributed by atoms with E-state index < -0.39 is 6.10 Å². The number of ether oxygens (including phenoxy) is 2. The molecule has 0 saturated carbocycles. The Labute approximate surface area is 136 Å². The maximum absolute atomic E-state index is 12.2. The van der Waals surface area contributed by atoms with Gasteiger partial charge >= 0.3 is 0 Å². The molecule has 1 heterocycles. The number of hydrogen-bond donors (Lipinski definition) is 2. The number of carbonyl (C=O) groups excluding carboxylic acids is 1. The van der Waals surface area contributed by atoms with E-state index in [1.807, 2.05) is 6.07 Å². The van der Waals surface area contributed by atoms with Crippen molar-refractivity contribution in [2.75, 3.05) is 12.4 Å². The third kappa shape index (κ3) is 4.48. The molecule has 1 aromatic heterocycles. The van der Waals surface area contributed by atoms with Gasteiger partial charge in [0.05, 0.1) is 7.11 Å². The topological polar surface area (TPSA) is 76.2 Å². The number of methoxy groups -OCH3 is 1. The van der Waals surface area contributed by atoms with Crippen molar-refractivity contribution in [1.82, 2.24) is 10.2 Å². The van der Waals surface area contributed by atoms with Crippen LogP contribution in [0.25, 0.3) is 0 Å². The number of nitrogens with zero attached hydrogens (tertiary/aromatic N) is 1. The van der Waals surface area contributed by atoms with Gasteiger partial charge in [0, 0.05) is 17.2 Å². The van der Waals surface area contributed by atoms with Crippen molar-refractivity contribution >= 4 is 11.7 Å². The summed E-state index contributed by atoms with van der Waals surface area (Å²) in [5.41, 5.74) is 0.901. The first-order chi connectivity index (χ1) is 10.8. The van der Waals surface area contributed by atoms with Gasteiger partial charge in [0.15, 0.2) is 11.9 Å². The Balaban J connectivity index is 1.95. The first-order valence-corrected chi connectivity index (χ1v) is 7.47. The summed E-state index contributed by atoms with van der Waals surface area (Å²) in [6.07, 6.45) is -0.641. The van der Waals surface area contributed by atoms with Crippen LogP contribution in [0.3, 0.4) is 0 Å². The molecule has 0 aliphatic heterocycles. The predicted molar refractivity (Wildman–Crippen MR) is 89.0 cm³/mol. The molecule has 2 rings (SSSR count). The van der Waals surface area contributed by atoms with Gasteiger partial charge in [0.1, 0.15) is 11.5 Å². The molecule has 1 atom stereocenters. The van der Waals surface area contributed by atoms with Crippen LogP contribution in [0.4, 0.5) is 5.82 Å². The molecule has 6 nitrogen and oxygen atoms in total. The molecule has 2 N–H and O–H groups in total. The van der Waals surface area contributed by atoms with E-state index in [4.69, 9.17) is 9.47 Å². The van der Waals surface area contributed by atoms with Crippen molar-refractivity contribution in [3.05, 3.63) is 36.0 Å². The number of hydrogen-bond acceptors (Lipinski definition) is 4. The van der Waals surface area contributed by atoms with Crippen molar-refractivity contribution < 1.29 is 14.3 Å². The molecule has 1 aromatic carbocycles. The molecule has 1 amide bonds. The molecule has 2 aromatic rings. The van der Waals surface area contributed by atoms with Crippen LogP contribution in [0.1, 0.15) is 33.4 Å². The third-order valence-corrected chi connectivity index (χ3v) is 3.38. The van der Waals surface area contributed by atoms with E-state index in [2.05, 4.69) is 36.3 Å². The van der Waals surface area contributed by atoms with E-state index >= 15 is 0 Å². The fourth-order valence-electron chi connectivity index (χ4n) is 1.91. The van der Waals surface area contributed by atoms with Gasteiger partial charge in [-0.2, -0.15) is 5.10 Å². The Bertz CT molecular complexity index is 656. The maximum Gasteiger partial charge on any atom is 0.266 e. The van der Waals surface area contributed by atoms with E-state index in [1.165, 1.54) is 0 Å². The average Bonchev–Trinajstić information content (AvgIpc) is 2.96. The lowest BCUT2D eigenvalue weighted by Crippen LogP contribution is -2.30. The fourth-order valence-corrected chi connectivity index (χ4v) is 1.91.